The number of aromatic amines is 5. The highest BCUT2D eigenvalue weighted by Crippen LogP contribution is 2.44. The summed E-state index contributed by atoms with van der Waals surface area (Å²) < 4.78 is 0. The maximum atomic E-state index is 5.09. The maximum Gasteiger partial charge on any atom is 0.109 e. The fraction of sp³-hybridized carbons (Fsp3) is 0.840. The number of aromatic nitrogens is 10. The van der Waals surface area contributed by atoms with Crippen LogP contribution in [-0.2, 0) is 54.1 Å². The van der Waals surface area contributed by atoms with E-state index in [1.165, 1.54) is 176 Å². The van der Waals surface area contributed by atoms with Crippen LogP contribution in [0.5, 0.6) is 0 Å². The van der Waals surface area contributed by atoms with Gasteiger partial charge in [-0.2, -0.15) is 0 Å². The molecule has 0 aliphatic carbocycles. The van der Waals surface area contributed by atoms with Crippen LogP contribution >= 0.6 is 0 Å². The fourth-order valence-electron chi connectivity index (χ4n) is 13.8. The van der Waals surface area contributed by atoms with Crippen molar-refractivity contribution >= 4 is 0 Å². The molecule has 0 fully saturated rings. The fourth-order valence-corrected chi connectivity index (χ4v) is 13.8. The van der Waals surface area contributed by atoms with Crippen molar-refractivity contribution in [1.82, 2.24) is 49.8 Å². The summed E-state index contributed by atoms with van der Waals surface area (Å²) in [6.07, 6.45) is 28.6. The zero-order chi connectivity index (χ0) is 80.6. The summed E-state index contributed by atoms with van der Waals surface area (Å²) in [5.74, 6) is 8.40. The molecular formula is C94H178N10. The number of hydrogen-bond donors (Lipinski definition) is 5. The zero-order valence-electron chi connectivity index (χ0n) is 77.1. The van der Waals surface area contributed by atoms with Crippen LogP contribution < -0.4 is 0 Å². The van der Waals surface area contributed by atoms with Gasteiger partial charge >= 0.3 is 0 Å². The van der Waals surface area contributed by atoms with E-state index in [1.54, 1.807) is 0 Å². The topological polar surface area (TPSA) is 143 Å². The van der Waals surface area contributed by atoms with Gasteiger partial charge in [0.1, 0.15) is 29.1 Å². The van der Waals surface area contributed by atoms with Gasteiger partial charge in [-0.05, 0) is 96.3 Å². The second-order valence-electron chi connectivity index (χ2n) is 39.0. The van der Waals surface area contributed by atoms with Gasteiger partial charge in [-0.25, -0.2) is 24.9 Å². The number of H-pyrrole nitrogens is 5. The molecule has 104 heavy (non-hydrogen) atoms. The van der Waals surface area contributed by atoms with E-state index in [9.17, 15) is 0 Å². The summed E-state index contributed by atoms with van der Waals surface area (Å²) in [6, 6.07) is 0. The highest BCUT2D eigenvalue weighted by molar-refractivity contribution is 5.35. The summed E-state index contributed by atoms with van der Waals surface area (Å²) in [7, 11) is 0. The van der Waals surface area contributed by atoms with Crippen molar-refractivity contribution in [3.63, 3.8) is 0 Å². The van der Waals surface area contributed by atoms with Crippen LogP contribution in [-0.4, -0.2) is 49.8 Å². The Kier molecular flexibility index (Phi) is 39.9. The lowest BCUT2D eigenvalue weighted by atomic mass is 9.76. The Bertz CT molecular complexity index is 3000. The van der Waals surface area contributed by atoms with Gasteiger partial charge < -0.3 is 24.9 Å². The predicted octanol–water partition coefficient (Wildman–Crippen LogP) is 30.0. The van der Waals surface area contributed by atoms with E-state index in [0.29, 0.717) is 29.6 Å². The van der Waals surface area contributed by atoms with E-state index in [0.717, 1.165) is 64.2 Å². The second-order valence-corrected chi connectivity index (χ2v) is 39.0. The van der Waals surface area contributed by atoms with Gasteiger partial charge in [0.15, 0.2) is 0 Å². The van der Waals surface area contributed by atoms with Crippen molar-refractivity contribution in [3.05, 3.63) is 86.1 Å². The summed E-state index contributed by atoms with van der Waals surface area (Å²) >= 11 is 0. The average molecular weight is 1450 g/mol. The lowest BCUT2D eigenvalue weighted by molar-refractivity contribution is 0.413. The third-order valence-corrected chi connectivity index (χ3v) is 25.5. The molecule has 5 aromatic heterocycles. The minimum atomic E-state index is 0.152. The summed E-state index contributed by atoms with van der Waals surface area (Å²) in [4.78, 5) is 43.7. The van der Waals surface area contributed by atoms with E-state index in [1.807, 2.05) is 0 Å². The molecule has 10 nitrogen and oxygen atoms in total. The molecule has 0 saturated heterocycles. The minimum absolute atomic E-state index is 0.152. The lowest BCUT2D eigenvalue weighted by Gasteiger charge is -2.30. The van der Waals surface area contributed by atoms with E-state index < -0.39 is 0 Å². The van der Waals surface area contributed by atoms with Gasteiger partial charge in [0, 0.05) is 112 Å². The van der Waals surface area contributed by atoms with Gasteiger partial charge in [0.25, 0.3) is 0 Å². The van der Waals surface area contributed by atoms with Crippen LogP contribution in [0.15, 0.2) is 0 Å². The average Bonchev–Trinajstić information content (AvgIpc) is 1.64. The maximum absolute atomic E-state index is 5.09. The molecule has 5 atom stereocenters. The first-order chi connectivity index (χ1) is 48.0. The third kappa shape index (κ3) is 27.0. The first-order valence-electron chi connectivity index (χ1n) is 43.5. The molecule has 5 unspecified atom stereocenters. The second kappa shape index (κ2) is 42.3. The zero-order valence-corrected chi connectivity index (χ0v) is 77.1. The highest BCUT2D eigenvalue weighted by Gasteiger charge is 2.40. The molecule has 604 valence electrons. The summed E-state index contributed by atoms with van der Waals surface area (Å²) in [5.41, 5.74) is 14.9. The van der Waals surface area contributed by atoms with Crippen LogP contribution in [0.2, 0.25) is 0 Å². The number of unbranched alkanes of at least 4 members (excludes halogenated alkanes) is 4. The summed E-state index contributed by atoms with van der Waals surface area (Å²) in [6.45, 7) is 92.0. The Balaban J connectivity index is 0.000000650. The molecule has 5 aromatic rings. The van der Waals surface area contributed by atoms with Gasteiger partial charge in [-0.1, -0.05) is 335 Å². The van der Waals surface area contributed by atoms with Crippen LogP contribution in [0.25, 0.3) is 0 Å². The normalized spacial score (nSPS) is 14.5. The van der Waals surface area contributed by atoms with Crippen molar-refractivity contribution in [1.29, 1.82) is 0 Å². The van der Waals surface area contributed by atoms with E-state index in [4.69, 9.17) is 24.9 Å². The van der Waals surface area contributed by atoms with Crippen LogP contribution in [0.4, 0.5) is 0 Å². The smallest absolute Gasteiger partial charge is 0.109 e. The molecule has 5 N–H and O–H groups in total. The molecule has 0 spiro atoms. The standard InChI is InChI=1S/C20H38N2.2C19H36N2.2C18H34N2/c1-9-12-13-14-20(7,8)17-16(19(5,6)11-3)21-18(22-17)15(4)10-2;2*1-9-12-13-19(7,8)16-15(18(5,6)11-3)20-17(21-16)14(4)10-2;2*1-9-12-18(7,8)15-14(17(5,6)11-3)19-16(20-15)13(4)10-2/h15H,9-14H2,1-8H3,(H,21,22);2*14H,9-13H2,1-8H3,(H,20,21);2*13H,9-12H2,1-8H3,(H,19,20). The molecule has 0 amide bonds. The molecule has 0 aliphatic heterocycles. The van der Waals surface area contributed by atoms with Gasteiger partial charge in [-0.15, -0.1) is 0 Å². The van der Waals surface area contributed by atoms with Crippen molar-refractivity contribution < 1.29 is 0 Å². The molecule has 10 heteroatoms. The van der Waals surface area contributed by atoms with E-state index in [2.05, 4.69) is 302 Å². The van der Waals surface area contributed by atoms with Crippen LogP contribution in [0.1, 0.15) is 547 Å². The number of imidazole rings is 5. The Morgan fingerprint density at radius 1 is 0.212 bits per heavy atom. The van der Waals surface area contributed by atoms with Gasteiger partial charge in [-0.3, -0.25) is 0 Å². The lowest BCUT2D eigenvalue weighted by Crippen LogP contribution is -2.26. The predicted molar refractivity (Wildman–Crippen MR) is 461 cm³/mol. The molecule has 0 aliphatic rings. The van der Waals surface area contributed by atoms with E-state index in [-0.39, 0.29) is 54.1 Å². The quantitative estimate of drug-likeness (QED) is 0.0249. The molecule has 5 rings (SSSR count). The number of nitrogens with zero attached hydrogens (tertiary/aromatic N) is 5. The number of rotatable bonds is 39. The third-order valence-electron chi connectivity index (χ3n) is 25.5. The molecular weight excluding hydrogens is 1270 g/mol. The Labute approximate surface area is 647 Å². The first kappa shape index (κ1) is 98.1. The Morgan fingerprint density at radius 3 is 0.519 bits per heavy atom. The van der Waals surface area contributed by atoms with Crippen molar-refractivity contribution in [2.24, 2.45) is 0 Å². The Morgan fingerprint density at radius 2 is 0.375 bits per heavy atom. The van der Waals surface area contributed by atoms with Gasteiger partial charge in [0.2, 0.25) is 0 Å². The molecule has 0 radical (unpaired) electrons. The first-order valence-corrected chi connectivity index (χ1v) is 43.5. The molecule has 0 aromatic carbocycles. The van der Waals surface area contributed by atoms with Gasteiger partial charge in [0.05, 0.1) is 28.5 Å². The molecule has 0 saturated carbocycles. The molecule has 0 bridgehead atoms. The highest BCUT2D eigenvalue weighted by atomic mass is 15.0. The minimum Gasteiger partial charge on any atom is -0.345 e. The van der Waals surface area contributed by atoms with Crippen LogP contribution in [0.3, 0.4) is 0 Å². The monoisotopic (exact) mass is 1450 g/mol. The Hall–Kier alpha value is -3.95. The van der Waals surface area contributed by atoms with Crippen molar-refractivity contribution in [2.45, 2.75) is 515 Å². The van der Waals surface area contributed by atoms with E-state index >= 15 is 0 Å². The number of nitrogens with one attached hydrogen (secondary N) is 5. The summed E-state index contributed by atoms with van der Waals surface area (Å²) in [5, 5.41) is 0. The van der Waals surface area contributed by atoms with Crippen molar-refractivity contribution in [3.8, 4) is 0 Å². The van der Waals surface area contributed by atoms with Crippen LogP contribution in [0, 0.1) is 0 Å². The molecule has 5 heterocycles. The SMILES string of the molecule is CCCC(C)(C)c1nc(C(C)CC)[nH]c1C(C)(C)CC.CCCC(C)(C)c1nc(C(C)CC)[nH]c1C(C)(C)CC.CCCCC(C)(C)c1nc(C(C)CC)[nH]c1C(C)(C)CC.CCCCC(C)(C)c1nc(C(C)CC)[nH]c1C(C)(C)CC.CCCCCC(C)(C)c1nc(C(C)CC)[nH]c1C(C)(C)CC. The van der Waals surface area contributed by atoms with Crippen molar-refractivity contribution in [2.75, 3.05) is 0 Å². The number of hydrogen-bond acceptors (Lipinski definition) is 5. The largest absolute Gasteiger partial charge is 0.345 e.